The number of hydrogen-bond donors (Lipinski definition) is 2. The summed E-state index contributed by atoms with van der Waals surface area (Å²) in [6.07, 6.45) is 0.858. The van der Waals surface area contributed by atoms with Gasteiger partial charge in [-0.25, -0.2) is 4.98 Å². The molecule has 0 saturated carbocycles. The Morgan fingerprint density at radius 3 is 2.94 bits per heavy atom. The Kier molecular flexibility index (Phi) is 6.27. The van der Waals surface area contributed by atoms with Gasteiger partial charge >= 0.3 is 0 Å². The molecule has 1 aromatic heterocycles. The van der Waals surface area contributed by atoms with Crippen LogP contribution in [0.4, 0.5) is 5.82 Å². The number of rotatable bonds is 8. The van der Waals surface area contributed by atoms with E-state index in [9.17, 15) is 4.79 Å². The topological polar surface area (TPSA) is 76.2 Å². The first-order valence-corrected chi connectivity index (χ1v) is 5.61. The molecule has 0 aliphatic carbocycles. The molecule has 0 atom stereocenters. The number of nitrogens with one attached hydrogen (secondary N) is 2. The molecule has 96 valence electrons. The number of hydrogen-bond acceptors (Lipinski definition) is 5. The van der Waals surface area contributed by atoms with Crippen LogP contribution in [0.5, 0.6) is 0 Å². The summed E-state index contributed by atoms with van der Waals surface area (Å²) in [7, 11) is 1.64. The van der Waals surface area contributed by atoms with Crippen molar-refractivity contribution in [2.45, 2.75) is 13.3 Å². The lowest BCUT2D eigenvalue weighted by Crippen LogP contribution is -2.13. The average Bonchev–Trinajstić information content (AvgIpc) is 2.26. The maximum Gasteiger partial charge on any atom is 0.252 e. The summed E-state index contributed by atoms with van der Waals surface area (Å²) in [5, 5.41) is 3.07. The van der Waals surface area contributed by atoms with Gasteiger partial charge in [0.15, 0.2) is 0 Å². The van der Waals surface area contributed by atoms with Gasteiger partial charge in [0.1, 0.15) is 11.6 Å². The maximum atomic E-state index is 11.1. The minimum atomic E-state index is -0.142. The molecular formula is C11H19N3O3. The molecule has 1 heterocycles. The standard InChI is InChI=1S/C11H19N3O3/c1-9-13-10(8-11(15)14-9)12-4-3-5-17-7-6-16-2/h8H,3-7H2,1-2H3,(H2,12,13,14,15). The predicted octanol–water partition coefficient (Wildman–Crippen LogP) is 0.543. The Bertz CT molecular complexity index is 378. The molecule has 17 heavy (non-hydrogen) atoms. The lowest BCUT2D eigenvalue weighted by molar-refractivity contribution is 0.0705. The smallest absolute Gasteiger partial charge is 0.252 e. The second-order valence-electron chi connectivity index (χ2n) is 3.60. The molecule has 1 aromatic rings. The van der Waals surface area contributed by atoms with E-state index in [0.717, 1.165) is 13.0 Å². The normalized spacial score (nSPS) is 10.5. The van der Waals surface area contributed by atoms with Crippen LogP contribution >= 0.6 is 0 Å². The minimum absolute atomic E-state index is 0.142. The summed E-state index contributed by atoms with van der Waals surface area (Å²) in [4.78, 5) is 17.9. The fourth-order valence-corrected chi connectivity index (χ4v) is 1.31. The van der Waals surface area contributed by atoms with E-state index in [4.69, 9.17) is 9.47 Å². The number of ether oxygens (including phenoxy) is 2. The van der Waals surface area contributed by atoms with E-state index in [-0.39, 0.29) is 5.56 Å². The van der Waals surface area contributed by atoms with Crippen molar-refractivity contribution >= 4 is 5.82 Å². The average molecular weight is 241 g/mol. The van der Waals surface area contributed by atoms with Crippen molar-refractivity contribution in [3.63, 3.8) is 0 Å². The summed E-state index contributed by atoms with van der Waals surface area (Å²) < 4.78 is 10.2. The van der Waals surface area contributed by atoms with Gasteiger partial charge in [-0.1, -0.05) is 0 Å². The molecule has 6 heteroatoms. The molecule has 2 N–H and O–H groups in total. The molecule has 0 aromatic carbocycles. The van der Waals surface area contributed by atoms with Crippen LogP contribution in [0.15, 0.2) is 10.9 Å². The molecule has 0 bridgehead atoms. The lowest BCUT2D eigenvalue weighted by Gasteiger charge is -2.06. The van der Waals surface area contributed by atoms with Gasteiger partial charge < -0.3 is 19.8 Å². The quantitative estimate of drug-likeness (QED) is 0.650. The van der Waals surface area contributed by atoms with Crippen LogP contribution in [0.1, 0.15) is 12.2 Å². The molecule has 0 aliphatic heterocycles. The molecule has 1 rings (SSSR count). The monoisotopic (exact) mass is 241 g/mol. The van der Waals surface area contributed by atoms with Crippen LogP contribution in [-0.2, 0) is 9.47 Å². The van der Waals surface area contributed by atoms with Crippen LogP contribution in [0.3, 0.4) is 0 Å². The summed E-state index contributed by atoms with van der Waals surface area (Å²) in [6.45, 7) is 4.36. The fourth-order valence-electron chi connectivity index (χ4n) is 1.31. The van der Waals surface area contributed by atoms with E-state index in [2.05, 4.69) is 15.3 Å². The maximum absolute atomic E-state index is 11.1. The van der Waals surface area contributed by atoms with Crippen molar-refractivity contribution in [1.29, 1.82) is 0 Å². The van der Waals surface area contributed by atoms with Crippen molar-refractivity contribution in [1.82, 2.24) is 9.97 Å². The van der Waals surface area contributed by atoms with Crippen LogP contribution in [-0.4, -0.2) is 43.4 Å². The summed E-state index contributed by atoms with van der Waals surface area (Å²) in [5.74, 6) is 1.21. The Labute approximate surface area is 100 Å². The molecule has 0 radical (unpaired) electrons. The zero-order chi connectivity index (χ0) is 12.5. The lowest BCUT2D eigenvalue weighted by atomic mass is 10.4. The molecule has 0 spiro atoms. The predicted molar refractivity (Wildman–Crippen MR) is 65.4 cm³/mol. The number of H-pyrrole nitrogens is 1. The van der Waals surface area contributed by atoms with Gasteiger partial charge in [0.05, 0.1) is 13.2 Å². The van der Waals surface area contributed by atoms with Crippen molar-refractivity contribution in [2.75, 3.05) is 38.8 Å². The Morgan fingerprint density at radius 1 is 1.41 bits per heavy atom. The second kappa shape index (κ2) is 7.81. The van der Waals surface area contributed by atoms with Gasteiger partial charge in [0.25, 0.3) is 5.56 Å². The molecule has 0 aliphatic rings. The number of aryl methyl sites for hydroxylation is 1. The van der Waals surface area contributed by atoms with Crippen molar-refractivity contribution in [2.24, 2.45) is 0 Å². The number of methoxy groups -OCH3 is 1. The van der Waals surface area contributed by atoms with Gasteiger partial charge in [-0.05, 0) is 13.3 Å². The molecular weight excluding hydrogens is 222 g/mol. The van der Waals surface area contributed by atoms with Gasteiger partial charge in [-0.3, -0.25) is 4.79 Å². The van der Waals surface area contributed by atoms with Crippen LogP contribution in [0, 0.1) is 6.92 Å². The number of aromatic amines is 1. The fraction of sp³-hybridized carbons (Fsp3) is 0.636. The largest absolute Gasteiger partial charge is 0.382 e. The molecule has 0 unspecified atom stereocenters. The van der Waals surface area contributed by atoms with Crippen molar-refractivity contribution in [3.8, 4) is 0 Å². The van der Waals surface area contributed by atoms with E-state index in [1.165, 1.54) is 6.07 Å². The second-order valence-corrected chi connectivity index (χ2v) is 3.60. The van der Waals surface area contributed by atoms with E-state index in [1.807, 2.05) is 0 Å². The SMILES string of the molecule is COCCOCCCNc1cc(=O)[nH]c(C)n1. The van der Waals surface area contributed by atoms with E-state index >= 15 is 0 Å². The zero-order valence-corrected chi connectivity index (χ0v) is 10.3. The number of aromatic nitrogens is 2. The molecule has 6 nitrogen and oxygen atoms in total. The number of nitrogens with zero attached hydrogens (tertiary/aromatic N) is 1. The molecule has 0 fully saturated rings. The Balaban J connectivity index is 2.16. The highest BCUT2D eigenvalue weighted by Crippen LogP contribution is 1.97. The highest BCUT2D eigenvalue weighted by Gasteiger charge is 1.96. The third-order valence-corrected chi connectivity index (χ3v) is 2.06. The highest BCUT2D eigenvalue weighted by atomic mass is 16.5. The summed E-state index contributed by atoms with van der Waals surface area (Å²) in [6, 6.07) is 1.44. The first-order chi connectivity index (χ1) is 8.22. The Morgan fingerprint density at radius 2 is 2.24 bits per heavy atom. The van der Waals surface area contributed by atoms with Gasteiger partial charge in [0.2, 0.25) is 0 Å². The van der Waals surface area contributed by atoms with Crippen LogP contribution < -0.4 is 10.9 Å². The first kappa shape index (κ1) is 13.7. The van der Waals surface area contributed by atoms with Crippen molar-refractivity contribution < 1.29 is 9.47 Å². The van der Waals surface area contributed by atoms with E-state index in [1.54, 1.807) is 14.0 Å². The summed E-state index contributed by atoms with van der Waals surface area (Å²) in [5.41, 5.74) is -0.142. The first-order valence-electron chi connectivity index (χ1n) is 5.61. The molecule has 0 amide bonds. The highest BCUT2D eigenvalue weighted by molar-refractivity contribution is 5.32. The Hall–Kier alpha value is -1.40. The van der Waals surface area contributed by atoms with E-state index < -0.39 is 0 Å². The van der Waals surface area contributed by atoms with Crippen LogP contribution in [0.2, 0.25) is 0 Å². The molecule has 0 saturated heterocycles. The van der Waals surface area contributed by atoms with Crippen molar-refractivity contribution in [3.05, 3.63) is 22.2 Å². The zero-order valence-electron chi connectivity index (χ0n) is 10.3. The third-order valence-electron chi connectivity index (χ3n) is 2.06. The van der Waals surface area contributed by atoms with Gasteiger partial charge in [-0.2, -0.15) is 0 Å². The summed E-state index contributed by atoms with van der Waals surface area (Å²) >= 11 is 0. The van der Waals surface area contributed by atoms with E-state index in [0.29, 0.717) is 31.5 Å². The minimum Gasteiger partial charge on any atom is -0.382 e. The number of anilines is 1. The van der Waals surface area contributed by atoms with Crippen LogP contribution in [0.25, 0.3) is 0 Å². The van der Waals surface area contributed by atoms with Gasteiger partial charge in [0, 0.05) is 26.3 Å². The third kappa shape index (κ3) is 6.03. The van der Waals surface area contributed by atoms with Gasteiger partial charge in [-0.15, -0.1) is 0 Å².